The summed E-state index contributed by atoms with van der Waals surface area (Å²) in [7, 11) is 0. The van der Waals surface area contributed by atoms with Crippen LogP contribution in [0.2, 0.25) is 0 Å². The number of rotatable bonds is 11. The van der Waals surface area contributed by atoms with Crippen molar-refractivity contribution in [2.24, 2.45) is 5.73 Å². The van der Waals surface area contributed by atoms with Crippen molar-refractivity contribution in [3.8, 4) is 0 Å². The Kier molecular flexibility index (Phi) is 11.9. The molecule has 0 aliphatic carbocycles. The molecule has 0 spiro atoms. The second-order valence-corrected chi connectivity index (χ2v) is 5.53. The zero-order valence-corrected chi connectivity index (χ0v) is 12.2. The van der Waals surface area contributed by atoms with Crippen LogP contribution in [0.3, 0.4) is 0 Å². The molecule has 98 valence electrons. The fourth-order valence-corrected chi connectivity index (χ4v) is 2.29. The monoisotopic (exact) mass is 246 g/mol. The van der Waals surface area contributed by atoms with Crippen molar-refractivity contribution in [2.75, 3.05) is 31.6 Å². The van der Waals surface area contributed by atoms with Crippen LogP contribution in [-0.2, 0) is 0 Å². The predicted molar refractivity (Wildman–Crippen MR) is 77.2 cm³/mol. The third-order valence-electron chi connectivity index (χ3n) is 2.84. The van der Waals surface area contributed by atoms with Gasteiger partial charge in [-0.1, -0.05) is 26.7 Å². The molecule has 0 aromatic heterocycles. The van der Waals surface area contributed by atoms with Crippen molar-refractivity contribution < 1.29 is 0 Å². The fraction of sp³-hybridized carbons (Fsp3) is 1.00. The standard InChI is InChI=1S/C13H30N2S/c1-4-6-9-15(10-7-5-2)12-13(14)8-11-16-3/h13H,4-12,14H2,1-3H3. The molecule has 0 heterocycles. The normalized spacial score (nSPS) is 13.3. The largest absolute Gasteiger partial charge is 0.327 e. The van der Waals surface area contributed by atoms with Gasteiger partial charge in [-0.25, -0.2) is 0 Å². The number of hydrogen-bond donors (Lipinski definition) is 1. The van der Waals surface area contributed by atoms with Crippen molar-refractivity contribution in [1.29, 1.82) is 0 Å². The Balaban J connectivity index is 3.78. The Bertz CT molecular complexity index is 134. The molecule has 0 aliphatic rings. The summed E-state index contributed by atoms with van der Waals surface area (Å²) in [6, 6.07) is 0.362. The molecule has 0 aliphatic heterocycles. The summed E-state index contributed by atoms with van der Waals surface area (Å²) in [6.45, 7) is 8.05. The van der Waals surface area contributed by atoms with Gasteiger partial charge >= 0.3 is 0 Å². The lowest BCUT2D eigenvalue weighted by molar-refractivity contribution is 0.247. The molecular formula is C13H30N2S. The minimum Gasteiger partial charge on any atom is -0.327 e. The molecule has 0 fully saturated rings. The van der Waals surface area contributed by atoms with E-state index in [4.69, 9.17) is 5.73 Å². The number of thioether (sulfide) groups is 1. The second kappa shape index (κ2) is 11.7. The van der Waals surface area contributed by atoms with E-state index in [-0.39, 0.29) is 0 Å². The van der Waals surface area contributed by atoms with E-state index >= 15 is 0 Å². The molecule has 0 saturated carbocycles. The van der Waals surface area contributed by atoms with Gasteiger partial charge in [0.2, 0.25) is 0 Å². The maximum absolute atomic E-state index is 6.15. The van der Waals surface area contributed by atoms with Gasteiger partial charge in [0.15, 0.2) is 0 Å². The Morgan fingerprint density at radius 3 is 2.12 bits per heavy atom. The molecule has 1 unspecified atom stereocenters. The van der Waals surface area contributed by atoms with E-state index in [1.54, 1.807) is 0 Å². The molecule has 0 amide bonds. The van der Waals surface area contributed by atoms with Gasteiger partial charge in [-0.15, -0.1) is 0 Å². The summed E-state index contributed by atoms with van der Waals surface area (Å²) in [5, 5.41) is 0. The van der Waals surface area contributed by atoms with Gasteiger partial charge in [-0.05, 0) is 44.4 Å². The molecule has 16 heavy (non-hydrogen) atoms. The topological polar surface area (TPSA) is 29.3 Å². The Hall–Kier alpha value is 0.270. The van der Waals surface area contributed by atoms with Crippen molar-refractivity contribution in [3.05, 3.63) is 0 Å². The fourth-order valence-electron chi connectivity index (χ4n) is 1.75. The van der Waals surface area contributed by atoms with Crippen LogP contribution < -0.4 is 5.73 Å². The summed E-state index contributed by atoms with van der Waals surface area (Å²) < 4.78 is 0. The highest BCUT2D eigenvalue weighted by molar-refractivity contribution is 7.98. The molecule has 0 aromatic carbocycles. The molecule has 0 saturated heterocycles. The first-order chi connectivity index (χ1) is 7.74. The molecule has 2 nitrogen and oxygen atoms in total. The summed E-state index contributed by atoms with van der Waals surface area (Å²) in [5.74, 6) is 1.19. The van der Waals surface area contributed by atoms with Crippen LogP contribution in [0.4, 0.5) is 0 Å². The van der Waals surface area contributed by atoms with E-state index < -0.39 is 0 Å². The van der Waals surface area contributed by atoms with Gasteiger partial charge in [0.25, 0.3) is 0 Å². The molecular weight excluding hydrogens is 216 g/mol. The predicted octanol–water partition coefficient (Wildman–Crippen LogP) is 2.97. The van der Waals surface area contributed by atoms with Gasteiger partial charge < -0.3 is 10.6 Å². The van der Waals surface area contributed by atoms with Gasteiger partial charge in [0.1, 0.15) is 0 Å². The first kappa shape index (κ1) is 16.3. The highest BCUT2D eigenvalue weighted by atomic mass is 32.2. The highest BCUT2D eigenvalue weighted by Crippen LogP contribution is 2.04. The average molecular weight is 246 g/mol. The van der Waals surface area contributed by atoms with Gasteiger partial charge in [0.05, 0.1) is 0 Å². The smallest absolute Gasteiger partial charge is 0.0175 e. The van der Waals surface area contributed by atoms with E-state index in [9.17, 15) is 0 Å². The first-order valence-electron chi connectivity index (χ1n) is 6.71. The van der Waals surface area contributed by atoms with Crippen LogP contribution in [0.1, 0.15) is 46.0 Å². The van der Waals surface area contributed by atoms with Crippen LogP contribution >= 0.6 is 11.8 Å². The maximum atomic E-state index is 6.15. The molecule has 0 aromatic rings. The minimum absolute atomic E-state index is 0.362. The molecule has 2 N–H and O–H groups in total. The summed E-state index contributed by atoms with van der Waals surface area (Å²) in [4.78, 5) is 2.55. The molecule has 0 bridgehead atoms. The summed E-state index contributed by atoms with van der Waals surface area (Å²) >= 11 is 1.89. The van der Waals surface area contributed by atoms with Crippen molar-refractivity contribution in [3.63, 3.8) is 0 Å². The van der Waals surface area contributed by atoms with E-state index in [0.29, 0.717) is 6.04 Å². The van der Waals surface area contributed by atoms with Crippen LogP contribution in [0.15, 0.2) is 0 Å². The SMILES string of the molecule is CCCCN(CCCC)CC(N)CCSC. The number of hydrogen-bond acceptors (Lipinski definition) is 3. The number of unbranched alkanes of at least 4 members (excludes halogenated alkanes) is 2. The average Bonchev–Trinajstić information content (AvgIpc) is 2.30. The Morgan fingerprint density at radius 2 is 1.69 bits per heavy atom. The van der Waals surface area contributed by atoms with Gasteiger partial charge in [-0.3, -0.25) is 0 Å². The summed E-state index contributed by atoms with van der Waals surface area (Å²) in [6.07, 6.45) is 8.47. The summed E-state index contributed by atoms with van der Waals surface area (Å²) in [5.41, 5.74) is 6.15. The van der Waals surface area contributed by atoms with Crippen LogP contribution in [0.25, 0.3) is 0 Å². The van der Waals surface area contributed by atoms with E-state index in [1.165, 1.54) is 44.5 Å². The first-order valence-corrected chi connectivity index (χ1v) is 8.10. The molecule has 0 rings (SSSR count). The van der Waals surface area contributed by atoms with Crippen LogP contribution in [-0.4, -0.2) is 42.6 Å². The zero-order valence-electron chi connectivity index (χ0n) is 11.4. The second-order valence-electron chi connectivity index (χ2n) is 4.55. The lowest BCUT2D eigenvalue weighted by Crippen LogP contribution is -2.39. The van der Waals surface area contributed by atoms with E-state index in [1.807, 2.05) is 11.8 Å². The molecule has 1 atom stereocenters. The van der Waals surface area contributed by atoms with Crippen LogP contribution in [0.5, 0.6) is 0 Å². The highest BCUT2D eigenvalue weighted by Gasteiger charge is 2.09. The third-order valence-corrected chi connectivity index (χ3v) is 3.49. The number of nitrogens with zero attached hydrogens (tertiary/aromatic N) is 1. The van der Waals surface area contributed by atoms with Crippen molar-refractivity contribution in [2.45, 2.75) is 52.0 Å². The van der Waals surface area contributed by atoms with Crippen LogP contribution in [0, 0.1) is 0 Å². The van der Waals surface area contributed by atoms with Crippen molar-refractivity contribution >= 4 is 11.8 Å². The van der Waals surface area contributed by atoms with E-state index in [2.05, 4.69) is 25.0 Å². The quantitative estimate of drug-likeness (QED) is 0.608. The van der Waals surface area contributed by atoms with Gasteiger partial charge in [0, 0.05) is 12.6 Å². The lowest BCUT2D eigenvalue weighted by Gasteiger charge is -2.25. The van der Waals surface area contributed by atoms with Crippen molar-refractivity contribution in [1.82, 2.24) is 4.90 Å². The lowest BCUT2D eigenvalue weighted by atomic mass is 10.2. The zero-order chi connectivity index (χ0) is 12.2. The minimum atomic E-state index is 0.362. The van der Waals surface area contributed by atoms with E-state index in [0.717, 1.165) is 13.0 Å². The third kappa shape index (κ3) is 9.49. The maximum Gasteiger partial charge on any atom is 0.0175 e. The Labute approximate surface area is 106 Å². The number of nitrogens with two attached hydrogens (primary N) is 1. The molecule has 3 heteroatoms. The molecule has 0 radical (unpaired) electrons. The Morgan fingerprint density at radius 1 is 1.12 bits per heavy atom. The van der Waals surface area contributed by atoms with Gasteiger partial charge in [-0.2, -0.15) is 11.8 Å².